The Labute approximate surface area is 108 Å². The van der Waals surface area contributed by atoms with Gasteiger partial charge in [0.1, 0.15) is 0 Å². The van der Waals surface area contributed by atoms with Gasteiger partial charge in [0, 0.05) is 0 Å². The summed E-state index contributed by atoms with van der Waals surface area (Å²) in [6.07, 6.45) is 1.98. The van der Waals surface area contributed by atoms with Gasteiger partial charge in [-0.1, -0.05) is 26.4 Å². The van der Waals surface area contributed by atoms with E-state index in [0.717, 1.165) is 12.8 Å². The van der Waals surface area contributed by atoms with Crippen LogP contribution in [0.2, 0.25) is 32.7 Å². The molecule has 0 spiro atoms. The summed E-state index contributed by atoms with van der Waals surface area (Å²) in [5.41, 5.74) is 0. The van der Waals surface area contributed by atoms with Crippen molar-refractivity contribution < 1.29 is 14.0 Å². The lowest BCUT2D eigenvalue weighted by Gasteiger charge is -2.24. The predicted octanol–water partition coefficient (Wildman–Crippen LogP) is 3.09. The quantitative estimate of drug-likeness (QED) is 0.323. The van der Waals surface area contributed by atoms with Crippen molar-refractivity contribution in [2.45, 2.75) is 52.5 Å². The summed E-state index contributed by atoms with van der Waals surface area (Å²) in [5, 5.41) is 1.21. The van der Waals surface area contributed by atoms with Crippen LogP contribution in [0, 0.1) is 0 Å². The third-order valence-corrected chi connectivity index (χ3v) is 5.05. The Hall–Kier alpha value is -0.556. The molecule has 17 heavy (non-hydrogen) atoms. The molecule has 0 atom stereocenters. The molecule has 0 amide bonds. The lowest BCUT2D eigenvalue weighted by molar-refractivity contribution is -0.138. The Kier molecular flexibility index (Phi) is 6.78. The number of allylic oxidation sites excluding steroid dienone is 1. The number of hydrogen-bond acceptors (Lipinski definition) is 3. The zero-order valence-electron chi connectivity index (χ0n) is 12.2. The Morgan fingerprint density at radius 3 is 2.06 bits per heavy atom. The van der Waals surface area contributed by atoms with Gasteiger partial charge >= 0.3 is 5.97 Å². The standard InChI is InChI=1S/C12H26O3Si2/c1-8-9-10(16(3)4)11(12(13)14-2)15-17(5,6)7/h16H,8-9H2,1-7H3. The van der Waals surface area contributed by atoms with Crippen molar-refractivity contribution in [1.82, 2.24) is 0 Å². The first-order chi connectivity index (χ1) is 7.72. The van der Waals surface area contributed by atoms with Crippen LogP contribution in [0.1, 0.15) is 19.8 Å². The smallest absolute Gasteiger partial charge is 0.371 e. The molecule has 0 bridgehead atoms. The highest BCUT2D eigenvalue weighted by molar-refractivity contribution is 6.70. The van der Waals surface area contributed by atoms with E-state index in [2.05, 4.69) is 39.7 Å². The predicted molar refractivity (Wildman–Crippen MR) is 77.3 cm³/mol. The summed E-state index contributed by atoms with van der Waals surface area (Å²) in [6.45, 7) is 12.8. The number of esters is 1. The van der Waals surface area contributed by atoms with E-state index < -0.39 is 17.1 Å². The molecule has 0 fully saturated rings. The van der Waals surface area contributed by atoms with E-state index in [0.29, 0.717) is 5.76 Å². The van der Waals surface area contributed by atoms with Crippen LogP contribution in [0.3, 0.4) is 0 Å². The average molecular weight is 275 g/mol. The maximum atomic E-state index is 11.8. The summed E-state index contributed by atoms with van der Waals surface area (Å²) >= 11 is 0. The van der Waals surface area contributed by atoms with Gasteiger partial charge < -0.3 is 9.16 Å². The fraction of sp³-hybridized carbons (Fsp3) is 0.750. The second-order valence-corrected chi connectivity index (χ2v) is 12.9. The summed E-state index contributed by atoms with van der Waals surface area (Å²) in [5.74, 6) is 0.201. The second kappa shape index (κ2) is 7.01. The summed E-state index contributed by atoms with van der Waals surface area (Å²) < 4.78 is 10.8. The van der Waals surface area contributed by atoms with Crippen LogP contribution >= 0.6 is 0 Å². The molecule has 0 N–H and O–H groups in total. The summed E-state index contributed by atoms with van der Waals surface area (Å²) in [6, 6.07) is 0. The van der Waals surface area contributed by atoms with Gasteiger partial charge in [0.2, 0.25) is 8.32 Å². The number of rotatable bonds is 6. The van der Waals surface area contributed by atoms with Gasteiger partial charge in [-0.3, -0.25) is 0 Å². The number of carbonyl (C=O) groups excluding carboxylic acids is 1. The molecule has 0 aromatic carbocycles. The van der Waals surface area contributed by atoms with Gasteiger partial charge in [0.15, 0.2) is 5.76 Å². The maximum absolute atomic E-state index is 11.8. The van der Waals surface area contributed by atoms with Crippen molar-refractivity contribution in [2.24, 2.45) is 0 Å². The minimum absolute atomic E-state index is 0.308. The topological polar surface area (TPSA) is 35.5 Å². The molecule has 0 aliphatic heterocycles. The molecule has 100 valence electrons. The molecule has 0 aliphatic rings. The molecule has 0 unspecified atom stereocenters. The Morgan fingerprint density at radius 2 is 1.76 bits per heavy atom. The number of ether oxygens (including phenoxy) is 1. The molecule has 5 heteroatoms. The van der Waals surface area contributed by atoms with Crippen LogP contribution in [-0.2, 0) is 14.0 Å². The van der Waals surface area contributed by atoms with Gasteiger partial charge in [-0.15, -0.1) is 0 Å². The fourth-order valence-corrected chi connectivity index (χ4v) is 4.08. The minimum Gasteiger partial charge on any atom is -0.540 e. The van der Waals surface area contributed by atoms with Crippen molar-refractivity contribution in [3.8, 4) is 0 Å². The Balaban J connectivity index is 5.36. The zero-order chi connectivity index (χ0) is 13.6. The first kappa shape index (κ1) is 16.4. The van der Waals surface area contributed by atoms with E-state index in [-0.39, 0.29) is 5.97 Å². The van der Waals surface area contributed by atoms with Crippen LogP contribution in [0.4, 0.5) is 0 Å². The highest BCUT2D eigenvalue weighted by Crippen LogP contribution is 2.21. The van der Waals surface area contributed by atoms with Gasteiger partial charge in [0.25, 0.3) is 0 Å². The summed E-state index contributed by atoms with van der Waals surface area (Å²) in [7, 11) is -1.40. The molecular weight excluding hydrogens is 248 g/mol. The zero-order valence-corrected chi connectivity index (χ0v) is 14.4. The number of carbonyl (C=O) groups is 1. The first-order valence-electron chi connectivity index (χ1n) is 6.23. The minimum atomic E-state index is -1.77. The molecular formula is C12H26O3Si2. The van der Waals surface area contributed by atoms with Crippen LogP contribution in [0.25, 0.3) is 0 Å². The monoisotopic (exact) mass is 274 g/mol. The van der Waals surface area contributed by atoms with Crippen molar-refractivity contribution in [2.75, 3.05) is 7.11 Å². The summed E-state index contributed by atoms with van der Waals surface area (Å²) in [4.78, 5) is 11.8. The van der Waals surface area contributed by atoms with Crippen molar-refractivity contribution >= 4 is 23.1 Å². The molecule has 0 heterocycles. The largest absolute Gasteiger partial charge is 0.540 e. The SMILES string of the molecule is CCCC(=C(O[Si](C)(C)C)C(=O)OC)[SiH](C)C. The van der Waals surface area contributed by atoms with Crippen molar-refractivity contribution in [1.29, 1.82) is 0 Å². The van der Waals surface area contributed by atoms with Crippen LogP contribution in [0.15, 0.2) is 11.0 Å². The molecule has 0 aliphatic carbocycles. The van der Waals surface area contributed by atoms with Crippen LogP contribution < -0.4 is 0 Å². The van der Waals surface area contributed by atoms with E-state index in [1.165, 1.54) is 12.3 Å². The fourth-order valence-electron chi connectivity index (χ4n) is 1.57. The van der Waals surface area contributed by atoms with E-state index in [1.54, 1.807) is 0 Å². The molecule has 0 radical (unpaired) electrons. The van der Waals surface area contributed by atoms with Crippen LogP contribution in [-0.4, -0.2) is 30.2 Å². The molecule has 0 saturated carbocycles. The maximum Gasteiger partial charge on any atom is 0.371 e. The van der Waals surface area contributed by atoms with Crippen LogP contribution in [0.5, 0.6) is 0 Å². The van der Waals surface area contributed by atoms with E-state index >= 15 is 0 Å². The van der Waals surface area contributed by atoms with Crippen molar-refractivity contribution in [3.05, 3.63) is 11.0 Å². The molecule has 3 nitrogen and oxygen atoms in total. The Bertz CT molecular complexity index is 291. The first-order valence-corrected chi connectivity index (χ1v) is 12.5. The lowest BCUT2D eigenvalue weighted by Crippen LogP contribution is -2.30. The molecule has 0 saturated heterocycles. The van der Waals surface area contributed by atoms with Crippen molar-refractivity contribution in [3.63, 3.8) is 0 Å². The highest BCUT2D eigenvalue weighted by Gasteiger charge is 2.26. The highest BCUT2D eigenvalue weighted by atomic mass is 28.4. The molecule has 0 rings (SSSR count). The molecule has 0 aromatic rings. The van der Waals surface area contributed by atoms with E-state index in [4.69, 9.17) is 9.16 Å². The number of hydrogen-bond donors (Lipinski definition) is 0. The number of methoxy groups -OCH3 is 1. The van der Waals surface area contributed by atoms with Gasteiger partial charge in [0.05, 0.1) is 15.9 Å². The van der Waals surface area contributed by atoms with Gasteiger partial charge in [-0.2, -0.15) is 0 Å². The van der Waals surface area contributed by atoms with E-state index in [1.807, 2.05) is 0 Å². The van der Waals surface area contributed by atoms with E-state index in [9.17, 15) is 4.79 Å². The Morgan fingerprint density at radius 1 is 1.24 bits per heavy atom. The normalized spacial score (nSPS) is 13.4. The average Bonchev–Trinajstić information content (AvgIpc) is 2.20. The van der Waals surface area contributed by atoms with Gasteiger partial charge in [-0.05, 0) is 31.3 Å². The molecule has 0 aromatic heterocycles. The second-order valence-electron chi connectivity index (χ2n) is 5.47. The third kappa shape index (κ3) is 6.07. The third-order valence-electron chi connectivity index (χ3n) is 2.29. The lowest BCUT2D eigenvalue weighted by atomic mass is 10.3. The van der Waals surface area contributed by atoms with Gasteiger partial charge in [-0.25, -0.2) is 4.79 Å².